The van der Waals surface area contributed by atoms with Crippen LogP contribution in [-0.2, 0) is 4.57 Å². The monoisotopic (exact) mass is 290 g/mol. The average Bonchev–Trinajstić information content (AvgIpc) is 2.40. The molecule has 0 aliphatic rings. The van der Waals surface area contributed by atoms with Gasteiger partial charge in [-0.2, -0.15) is 0 Å². The smallest absolute Gasteiger partial charge is 0.206 e. The SMILES string of the molecule is CCCCCCC(C)P(=O)(O)C(CC)C(CC)CC. The minimum atomic E-state index is -3.03. The van der Waals surface area contributed by atoms with Crippen molar-refractivity contribution in [3.05, 3.63) is 0 Å². The second kappa shape index (κ2) is 10.00. The summed E-state index contributed by atoms with van der Waals surface area (Å²) >= 11 is 0. The lowest BCUT2D eigenvalue weighted by atomic mass is 9.97. The van der Waals surface area contributed by atoms with Crippen LogP contribution in [0.5, 0.6) is 0 Å². The lowest BCUT2D eigenvalue weighted by Gasteiger charge is -2.32. The molecule has 0 fully saturated rings. The molecule has 1 N–H and O–H groups in total. The topological polar surface area (TPSA) is 37.3 Å². The molecule has 0 rings (SSSR count). The fourth-order valence-corrected chi connectivity index (χ4v) is 5.86. The van der Waals surface area contributed by atoms with Crippen LogP contribution in [-0.4, -0.2) is 16.2 Å². The molecule has 0 aromatic carbocycles. The Morgan fingerprint density at radius 3 is 1.95 bits per heavy atom. The van der Waals surface area contributed by atoms with Gasteiger partial charge >= 0.3 is 0 Å². The normalized spacial score (nSPS) is 18.3. The van der Waals surface area contributed by atoms with Crippen LogP contribution in [0.3, 0.4) is 0 Å². The van der Waals surface area contributed by atoms with E-state index in [0.29, 0.717) is 5.92 Å². The third-order valence-corrected chi connectivity index (χ3v) is 7.85. The van der Waals surface area contributed by atoms with Crippen LogP contribution in [0.4, 0.5) is 0 Å². The Bertz CT molecular complexity index is 261. The summed E-state index contributed by atoms with van der Waals surface area (Å²) in [5.41, 5.74) is -0.0291. The van der Waals surface area contributed by atoms with Gasteiger partial charge in [0.05, 0.1) is 0 Å². The van der Waals surface area contributed by atoms with Crippen LogP contribution >= 0.6 is 7.37 Å². The van der Waals surface area contributed by atoms with Crippen LogP contribution in [0, 0.1) is 5.92 Å². The van der Waals surface area contributed by atoms with Crippen molar-refractivity contribution in [1.29, 1.82) is 0 Å². The first-order chi connectivity index (χ1) is 8.95. The van der Waals surface area contributed by atoms with Crippen LogP contribution < -0.4 is 0 Å². The molecule has 3 atom stereocenters. The molecule has 0 spiro atoms. The predicted molar refractivity (Wildman–Crippen MR) is 86.2 cm³/mol. The maximum atomic E-state index is 12.8. The molecule has 0 amide bonds. The standard InChI is InChI=1S/C16H35O2P/c1-6-10-11-12-13-14(5)19(17,18)16(9-4)15(7-2)8-3/h14-16H,6-13H2,1-5H3,(H,17,18). The maximum absolute atomic E-state index is 12.8. The van der Waals surface area contributed by atoms with E-state index in [4.69, 9.17) is 0 Å². The second-order valence-corrected chi connectivity index (χ2v) is 8.81. The van der Waals surface area contributed by atoms with Gasteiger partial charge in [-0.05, 0) is 18.8 Å². The van der Waals surface area contributed by atoms with Crippen molar-refractivity contribution in [1.82, 2.24) is 0 Å². The Morgan fingerprint density at radius 2 is 1.53 bits per heavy atom. The summed E-state index contributed by atoms with van der Waals surface area (Å²) in [7, 11) is -3.03. The van der Waals surface area contributed by atoms with Crippen LogP contribution in [0.1, 0.15) is 86.0 Å². The van der Waals surface area contributed by atoms with Crippen molar-refractivity contribution in [2.75, 3.05) is 0 Å². The van der Waals surface area contributed by atoms with Gasteiger partial charge in [0, 0.05) is 11.3 Å². The molecule has 0 saturated heterocycles. The van der Waals surface area contributed by atoms with E-state index in [-0.39, 0.29) is 11.3 Å². The molecule has 116 valence electrons. The van der Waals surface area contributed by atoms with E-state index in [9.17, 15) is 9.46 Å². The molecule has 3 unspecified atom stereocenters. The number of hydrogen-bond acceptors (Lipinski definition) is 1. The molecule has 0 radical (unpaired) electrons. The quantitative estimate of drug-likeness (QED) is 0.384. The van der Waals surface area contributed by atoms with Crippen molar-refractivity contribution in [2.24, 2.45) is 5.92 Å². The summed E-state index contributed by atoms with van der Waals surface area (Å²) in [6, 6.07) is 0. The summed E-state index contributed by atoms with van der Waals surface area (Å²) in [6.07, 6.45) is 8.53. The molecule has 3 heteroatoms. The molecular weight excluding hydrogens is 255 g/mol. The zero-order valence-corrected chi connectivity index (χ0v) is 14.6. The number of unbranched alkanes of at least 4 members (excludes halogenated alkanes) is 3. The Morgan fingerprint density at radius 1 is 0.947 bits per heavy atom. The molecule has 0 saturated carbocycles. The van der Waals surface area contributed by atoms with E-state index in [2.05, 4.69) is 27.7 Å². The zero-order valence-electron chi connectivity index (χ0n) is 13.7. The van der Waals surface area contributed by atoms with Crippen LogP contribution in [0.15, 0.2) is 0 Å². The van der Waals surface area contributed by atoms with Gasteiger partial charge in [-0.3, -0.25) is 4.57 Å². The van der Waals surface area contributed by atoms with Crippen molar-refractivity contribution >= 4 is 7.37 Å². The molecule has 0 aromatic rings. The summed E-state index contributed by atoms with van der Waals surface area (Å²) in [5, 5.41) is 0. The van der Waals surface area contributed by atoms with E-state index >= 15 is 0 Å². The first-order valence-corrected chi connectivity index (χ1v) is 10.1. The van der Waals surface area contributed by atoms with Gasteiger partial charge in [0.25, 0.3) is 0 Å². The van der Waals surface area contributed by atoms with Gasteiger partial charge in [0.2, 0.25) is 7.37 Å². The lowest BCUT2D eigenvalue weighted by Crippen LogP contribution is -2.24. The molecule has 19 heavy (non-hydrogen) atoms. The predicted octanol–water partition coefficient (Wildman–Crippen LogP) is 5.83. The van der Waals surface area contributed by atoms with Crippen molar-refractivity contribution < 1.29 is 9.46 Å². The van der Waals surface area contributed by atoms with Gasteiger partial charge in [0.15, 0.2) is 0 Å². The Balaban J connectivity index is 4.57. The molecule has 0 aliphatic carbocycles. The van der Waals surface area contributed by atoms with Crippen molar-refractivity contribution in [2.45, 2.75) is 97.3 Å². The van der Waals surface area contributed by atoms with Gasteiger partial charge in [0.1, 0.15) is 0 Å². The van der Waals surface area contributed by atoms with Crippen molar-refractivity contribution in [3.63, 3.8) is 0 Å². The fraction of sp³-hybridized carbons (Fsp3) is 1.00. The Labute approximate surface area is 120 Å². The molecule has 2 nitrogen and oxygen atoms in total. The van der Waals surface area contributed by atoms with Gasteiger partial charge in [-0.25, -0.2) is 0 Å². The number of hydrogen-bond donors (Lipinski definition) is 1. The Hall–Kier alpha value is 0.190. The zero-order chi connectivity index (χ0) is 14.9. The third kappa shape index (κ3) is 6.00. The largest absolute Gasteiger partial charge is 0.344 e. The summed E-state index contributed by atoms with van der Waals surface area (Å²) in [4.78, 5) is 10.6. The molecule has 0 aliphatic heterocycles. The number of rotatable bonds is 11. The van der Waals surface area contributed by atoms with Gasteiger partial charge in [-0.15, -0.1) is 0 Å². The van der Waals surface area contributed by atoms with E-state index in [0.717, 1.165) is 32.1 Å². The lowest BCUT2D eigenvalue weighted by molar-refractivity contribution is 0.382. The highest BCUT2D eigenvalue weighted by molar-refractivity contribution is 7.59. The van der Waals surface area contributed by atoms with E-state index in [1.165, 1.54) is 19.3 Å². The summed E-state index contributed by atoms with van der Waals surface area (Å²) in [5.74, 6) is 0.402. The Kier molecular flexibility index (Phi) is 10.1. The summed E-state index contributed by atoms with van der Waals surface area (Å²) < 4.78 is 12.8. The third-order valence-electron chi connectivity index (χ3n) is 4.59. The van der Waals surface area contributed by atoms with E-state index in [1.807, 2.05) is 6.92 Å². The minimum Gasteiger partial charge on any atom is -0.344 e. The highest BCUT2D eigenvalue weighted by Crippen LogP contribution is 2.57. The van der Waals surface area contributed by atoms with E-state index < -0.39 is 7.37 Å². The van der Waals surface area contributed by atoms with Gasteiger partial charge < -0.3 is 4.89 Å². The first kappa shape index (κ1) is 19.2. The average molecular weight is 290 g/mol. The molecule has 0 bridgehead atoms. The molecule has 0 heterocycles. The fourth-order valence-electron chi connectivity index (χ4n) is 3.11. The van der Waals surface area contributed by atoms with Crippen molar-refractivity contribution in [3.8, 4) is 0 Å². The highest BCUT2D eigenvalue weighted by Gasteiger charge is 2.38. The summed E-state index contributed by atoms with van der Waals surface area (Å²) in [6.45, 7) is 10.5. The molecular formula is C16H35O2P. The minimum absolute atomic E-state index is 0.00340. The van der Waals surface area contributed by atoms with Crippen LogP contribution in [0.2, 0.25) is 0 Å². The highest BCUT2D eigenvalue weighted by atomic mass is 31.2. The molecule has 0 aromatic heterocycles. The first-order valence-electron chi connectivity index (χ1n) is 8.27. The maximum Gasteiger partial charge on any atom is 0.206 e. The van der Waals surface area contributed by atoms with E-state index in [1.54, 1.807) is 0 Å². The second-order valence-electron chi connectivity index (χ2n) is 5.92. The van der Waals surface area contributed by atoms with Crippen LogP contribution in [0.25, 0.3) is 0 Å². The van der Waals surface area contributed by atoms with Gasteiger partial charge in [-0.1, -0.05) is 73.1 Å².